The zero-order valence-electron chi connectivity index (χ0n) is 13.3. The average molecular weight is 324 g/mol. The average Bonchev–Trinajstić information content (AvgIpc) is 2.70. The summed E-state index contributed by atoms with van der Waals surface area (Å²) in [6.07, 6.45) is 4.64. The minimum Gasteiger partial charge on any atom is -0.0622 e. The second-order valence-electron chi connectivity index (χ2n) is 5.72. The van der Waals surface area contributed by atoms with Crippen LogP contribution < -0.4 is 0 Å². The zero-order valence-corrected chi connectivity index (χ0v) is 14.2. The molecule has 24 heavy (non-hydrogen) atoms. The highest BCUT2D eigenvalue weighted by Crippen LogP contribution is 2.37. The lowest BCUT2D eigenvalue weighted by Crippen LogP contribution is -1.99. The standard InChI is InChI=1S/C23H17P/c1-4-10-18(11-5-1)21-16-22(19-12-6-2-7-13-19)24-23(17-21)20-14-8-3-9-15-20/h1-17H/q+1. The van der Waals surface area contributed by atoms with E-state index in [2.05, 4.69) is 103 Å². The molecule has 0 saturated heterocycles. The molecule has 1 heterocycles. The SMILES string of the molecule is C1=C(c2ccccc2)C=C(c2ccccc2)[P+]=C1c1ccccc1. The zero-order chi connectivity index (χ0) is 16.2. The topological polar surface area (TPSA) is 0 Å². The van der Waals surface area contributed by atoms with Crippen molar-refractivity contribution in [2.45, 2.75) is 0 Å². The third-order valence-corrected chi connectivity index (χ3v) is 5.33. The maximum absolute atomic E-state index is 2.32. The van der Waals surface area contributed by atoms with Gasteiger partial charge in [0.05, 0.1) is 0 Å². The highest BCUT2D eigenvalue weighted by molar-refractivity contribution is 7.53. The fourth-order valence-electron chi connectivity index (χ4n) is 2.84. The van der Waals surface area contributed by atoms with Crippen LogP contribution in [0.3, 0.4) is 0 Å². The lowest BCUT2D eigenvalue weighted by molar-refractivity contribution is 1.61. The second-order valence-corrected chi connectivity index (χ2v) is 6.91. The largest absolute Gasteiger partial charge is 0.357 e. The molecule has 0 bridgehead atoms. The summed E-state index contributed by atoms with van der Waals surface area (Å²) in [6.45, 7) is 0. The molecule has 0 fully saturated rings. The van der Waals surface area contributed by atoms with Crippen molar-refractivity contribution in [2.24, 2.45) is 0 Å². The Morgan fingerprint density at radius 2 is 0.958 bits per heavy atom. The molecule has 1 heteroatoms. The van der Waals surface area contributed by atoms with E-state index in [1.807, 2.05) is 0 Å². The summed E-state index contributed by atoms with van der Waals surface area (Å²) >= 11 is 0. The van der Waals surface area contributed by atoms with Crippen molar-refractivity contribution < 1.29 is 0 Å². The third kappa shape index (κ3) is 3.15. The van der Waals surface area contributed by atoms with E-state index in [9.17, 15) is 0 Å². The fourth-order valence-corrected chi connectivity index (χ4v) is 4.06. The molecule has 113 valence electrons. The molecule has 0 unspecified atom stereocenters. The van der Waals surface area contributed by atoms with Crippen LogP contribution in [-0.2, 0) is 0 Å². The quantitative estimate of drug-likeness (QED) is 0.497. The summed E-state index contributed by atoms with van der Waals surface area (Å²) in [5, 5.41) is 2.69. The van der Waals surface area contributed by atoms with Crippen molar-refractivity contribution in [2.75, 3.05) is 0 Å². The summed E-state index contributed by atoms with van der Waals surface area (Å²) in [6, 6.07) is 31.9. The molecule has 0 saturated carbocycles. The van der Waals surface area contributed by atoms with Gasteiger partial charge in [0.1, 0.15) is 0 Å². The molecule has 0 aliphatic carbocycles. The van der Waals surface area contributed by atoms with Crippen LogP contribution in [0.5, 0.6) is 0 Å². The van der Waals surface area contributed by atoms with Gasteiger partial charge < -0.3 is 0 Å². The van der Waals surface area contributed by atoms with Gasteiger partial charge in [-0.25, -0.2) is 0 Å². The molecular formula is C23H17P+. The van der Waals surface area contributed by atoms with E-state index in [1.165, 1.54) is 41.1 Å². The number of benzene rings is 3. The molecule has 0 nitrogen and oxygen atoms in total. The van der Waals surface area contributed by atoms with Crippen LogP contribution in [0, 0.1) is 0 Å². The molecule has 0 atom stereocenters. The van der Waals surface area contributed by atoms with Crippen LogP contribution in [0.25, 0.3) is 10.9 Å². The number of rotatable bonds is 3. The van der Waals surface area contributed by atoms with Crippen LogP contribution in [0.4, 0.5) is 0 Å². The highest BCUT2D eigenvalue weighted by Gasteiger charge is 2.23. The van der Waals surface area contributed by atoms with Crippen LogP contribution in [-0.4, -0.2) is 5.29 Å². The molecule has 1 aliphatic heterocycles. The highest BCUT2D eigenvalue weighted by atomic mass is 31.1. The Labute approximate surface area is 144 Å². The lowest BCUT2D eigenvalue weighted by atomic mass is 10.0. The first-order valence-electron chi connectivity index (χ1n) is 8.08. The van der Waals surface area contributed by atoms with Gasteiger partial charge in [-0.15, -0.1) is 0 Å². The van der Waals surface area contributed by atoms with Crippen LogP contribution >= 0.6 is 8.20 Å². The van der Waals surface area contributed by atoms with Crippen molar-refractivity contribution >= 4 is 24.4 Å². The van der Waals surface area contributed by atoms with Gasteiger partial charge in [0.15, 0.2) is 0 Å². The molecule has 0 aromatic heterocycles. The molecule has 1 aliphatic rings. The number of hydrogen-bond donors (Lipinski definition) is 0. The first-order chi connectivity index (χ1) is 11.9. The molecule has 0 amide bonds. The minimum absolute atomic E-state index is 1.25. The van der Waals surface area contributed by atoms with Gasteiger partial charge in [0.25, 0.3) is 0 Å². The van der Waals surface area contributed by atoms with E-state index in [4.69, 9.17) is 0 Å². The lowest BCUT2D eigenvalue weighted by Gasteiger charge is -2.07. The maximum atomic E-state index is 2.32. The predicted molar refractivity (Wildman–Crippen MR) is 106 cm³/mol. The molecule has 3 aromatic carbocycles. The fraction of sp³-hybridized carbons (Fsp3) is 0. The van der Waals surface area contributed by atoms with Gasteiger partial charge in [-0.1, -0.05) is 91.0 Å². The maximum Gasteiger partial charge on any atom is 0.357 e. The number of hydrogen-bond acceptors (Lipinski definition) is 0. The van der Waals surface area contributed by atoms with Gasteiger partial charge in [0.2, 0.25) is 10.6 Å². The normalized spacial score (nSPS) is 14.4. The van der Waals surface area contributed by atoms with Gasteiger partial charge in [0, 0.05) is 23.3 Å². The number of allylic oxidation sites excluding steroid dienone is 3. The molecule has 0 spiro atoms. The summed E-state index contributed by atoms with van der Waals surface area (Å²) in [4.78, 5) is 0. The summed E-state index contributed by atoms with van der Waals surface area (Å²) in [5.74, 6) is 0. The smallest absolute Gasteiger partial charge is 0.0622 e. The van der Waals surface area contributed by atoms with Gasteiger partial charge in [-0.05, 0) is 11.1 Å². The summed E-state index contributed by atoms with van der Waals surface area (Å²) < 4.78 is 0. The van der Waals surface area contributed by atoms with Crippen molar-refractivity contribution in [3.63, 3.8) is 0 Å². The van der Waals surface area contributed by atoms with Gasteiger partial charge in [-0.3, -0.25) is 0 Å². The third-order valence-electron chi connectivity index (χ3n) is 4.07. The summed E-state index contributed by atoms with van der Waals surface area (Å²) in [7, 11) is 1.25. The molecule has 1 radical (unpaired) electrons. The van der Waals surface area contributed by atoms with Crippen LogP contribution in [0.1, 0.15) is 16.7 Å². The Hall–Kier alpha value is -2.69. The van der Waals surface area contributed by atoms with E-state index in [0.717, 1.165) is 0 Å². The first-order valence-corrected chi connectivity index (χ1v) is 8.98. The van der Waals surface area contributed by atoms with E-state index in [0.29, 0.717) is 0 Å². The van der Waals surface area contributed by atoms with Gasteiger partial charge in [-0.2, -0.15) is 0 Å². The van der Waals surface area contributed by atoms with Crippen LogP contribution in [0.2, 0.25) is 0 Å². The van der Waals surface area contributed by atoms with Crippen molar-refractivity contribution in [3.05, 3.63) is 120 Å². The second kappa shape index (κ2) is 6.83. The predicted octanol–water partition coefficient (Wildman–Crippen LogP) is 6.29. The van der Waals surface area contributed by atoms with Crippen molar-refractivity contribution in [3.8, 4) is 0 Å². The molecular weight excluding hydrogens is 307 g/mol. The van der Waals surface area contributed by atoms with Crippen molar-refractivity contribution in [1.82, 2.24) is 0 Å². The molecule has 4 rings (SSSR count). The summed E-state index contributed by atoms with van der Waals surface area (Å²) in [5.41, 5.74) is 5.10. The first kappa shape index (κ1) is 14.9. The molecule has 3 aromatic rings. The Morgan fingerprint density at radius 3 is 1.54 bits per heavy atom. The van der Waals surface area contributed by atoms with E-state index >= 15 is 0 Å². The Balaban J connectivity index is 1.86. The monoisotopic (exact) mass is 324 g/mol. The van der Waals surface area contributed by atoms with E-state index in [1.54, 1.807) is 0 Å². The Bertz CT molecular complexity index is 782. The van der Waals surface area contributed by atoms with Crippen molar-refractivity contribution in [1.29, 1.82) is 0 Å². The van der Waals surface area contributed by atoms with Gasteiger partial charge >= 0.3 is 8.20 Å². The minimum atomic E-state index is 1.25. The van der Waals surface area contributed by atoms with E-state index in [-0.39, 0.29) is 0 Å². The van der Waals surface area contributed by atoms with E-state index < -0.39 is 0 Å². The molecule has 0 N–H and O–H groups in total. The Kier molecular flexibility index (Phi) is 4.23. The Morgan fingerprint density at radius 1 is 0.458 bits per heavy atom. The van der Waals surface area contributed by atoms with Crippen LogP contribution in [0.15, 0.2) is 103 Å².